The maximum Gasteiger partial charge on any atom is 0.307 e. The molecule has 2 atom stereocenters. The number of amides is 1. The van der Waals surface area contributed by atoms with E-state index in [2.05, 4.69) is 5.10 Å². The molecule has 0 unspecified atom stereocenters. The van der Waals surface area contributed by atoms with E-state index < -0.39 is 33.7 Å². The van der Waals surface area contributed by atoms with Gasteiger partial charge in [-0.05, 0) is 26.2 Å². The first-order valence-electron chi connectivity index (χ1n) is 7.38. The van der Waals surface area contributed by atoms with Crippen LogP contribution in [0.4, 0.5) is 0 Å². The second-order valence-corrected chi connectivity index (χ2v) is 7.95. The van der Waals surface area contributed by atoms with Gasteiger partial charge in [-0.25, -0.2) is 13.1 Å². The Morgan fingerprint density at radius 1 is 1.35 bits per heavy atom. The number of aromatic nitrogens is 2. The van der Waals surface area contributed by atoms with Crippen LogP contribution in [0.2, 0.25) is 0 Å². The predicted molar refractivity (Wildman–Crippen MR) is 81.1 cm³/mol. The number of nitrogens with zero attached hydrogens (tertiary/aromatic N) is 2. The van der Waals surface area contributed by atoms with Gasteiger partial charge < -0.3 is 5.11 Å². The Hall–Kier alpha value is -1.90. The molecule has 0 aromatic carbocycles. The van der Waals surface area contributed by atoms with Crippen molar-refractivity contribution in [2.45, 2.75) is 45.6 Å². The molecule has 0 spiro atoms. The van der Waals surface area contributed by atoms with Gasteiger partial charge in [0.05, 0.1) is 23.2 Å². The number of carboxylic acid groups (broad SMARTS) is 1. The standard InChI is InChI=1S/C14H21N3O5S/c1-7(2)6-17-9(4)12(8(3)15-17)23(21,22)16-13(18)10-5-11(10)14(19)20/h7,10-11H,5-6H2,1-4H3,(H,16,18)(H,19,20)/t10-,11-/m1/s1. The van der Waals surface area contributed by atoms with Crippen molar-refractivity contribution in [1.29, 1.82) is 0 Å². The van der Waals surface area contributed by atoms with E-state index in [-0.39, 0.29) is 11.3 Å². The van der Waals surface area contributed by atoms with Crippen LogP contribution in [0.1, 0.15) is 31.7 Å². The normalized spacial score (nSPS) is 20.6. The Kier molecular flexibility index (Phi) is 4.52. The molecule has 1 aliphatic rings. The molecule has 8 nitrogen and oxygen atoms in total. The van der Waals surface area contributed by atoms with Gasteiger partial charge in [0.25, 0.3) is 10.0 Å². The molecule has 128 valence electrons. The largest absolute Gasteiger partial charge is 0.481 e. The fraction of sp³-hybridized carbons (Fsp3) is 0.643. The topological polar surface area (TPSA) is 118 Å². The Bertz CT molecular complexity index is 751. The molecule has 2 N–H and O–H groups in total. The van der Waals surface area contributed by atoms with Gasteiger partial charge in [-0.3, -0.25) is 14.3 Å². The van der Waals surface area contributed by atoms with Crippen LogP contribution in [0, 0.1) is 31.6 Å². The zero-order valence-electron chi connectivity index (χ0n) is 13.5. The summed E-state index contributed by atoms with van der Waals surface area (Å²) in [6.45, 7) is 7.76. The van der Waals surface area contributed by atoms with E-state index in [9.17, 15) is 18.0 Å². The molecule has 1 heterocycles. The Morgan fingerprint density at radius 2 is 1.96 bits per heavy atom. The zero-order valence-corrected chi connectivity index (χ0v) is 14.3. The summed E-state index contributed by atoms with van der Waals surface area (Å²) < 4.78 is 28.5. The second-order valence-electron chi connectivity index (χ2n) is 6.33. The summed E-state index contributed by atoms with van der Waals surface area (Å²) in [5.41, 5.74) is 0.774. The molecule has 0 saturated heterocycles. The number of aryl methyl sites for hydroxylation is 1. The molecule has 0 aliphatic heterocycles. The fourth-order valence-electron chi connectivity index (χ4n) is 2.61. The predicted octanol–water partition coefficient (Wildman–Crippen LogP) is 0.682. The summed E-state index contributed by atoms with van der Waals surface area (Å²) in [6.07, 6.45) is 0.168. The molecular weight excluding hydrogens is 322 g/mol. The van der Waals surface area contributed by atoms with Crippen molar-refractivity contribution in [3.63, 3.8) is 0 Å². The van der Waals surface area contributed by atoms with Crippen LogP contribution in [0.3, 0.4) is 0 Å². The van der Waals surface area contributed by atoms with E-state index in [0.717, 1.165) is 0 Å². The third kappa shape index (κ3) is 3.54. The quantitative estimate of drug-likeness (QED) is 0.784. The number of hydrogen-bond acceptors (Lipinski definition) is 5. The Labute approximate surface area is 134 Å². The van der Waals surface area contributed by atoms with E-state index in [1.165, 1.54) is 0 Å². The van der Waals surface area contributed by atoms with Crippen molar-refractivity contribution in [2.24, 2.45) is 17.8 Å². The molecule has 23 heavy (non-hydrogen) atoms. The first kappa shape index (κ1) is 17.5. The lowest BCUT2D eigenvalue weighted by Crippen LogP contribution is -2.33. The highest BCUT2D eigenvalue weighted by molar-refractivity contribution is 7.90. The monoisotopic (exact) mass is 343 g/mol. The van der Waals surface area contributed by atoms with Crippen molar-refractivity contribution < 1.29 is 23.1 Å². The number of nitrogens with one attached hydrogen (secondary N) is 1. The second kappa shape index (κ2) is 5.95. The molecule has 1 fully saturated rings. The van der Waals surface area contributed by atoms with Crippen molar-refractivity contribution >= 4 is 21.9 Å². The van der Waals surface area contributed by atoms with E-state index in [4.69, 9.17) is 5.11 Å². The maximum atomic E-state index is 12.5. The number of carbonyl (C=O) groups is 2. The minimum atomic E-state index is -4.07. The van der Waals surface area contributed by atoms with Gasteiger partial charge in [-0.15, -0.1) is 0 Å². The highest BCUT2D eigenvalue weighted by Crippen LogP contribution is 2.39. The number of carboxylic acids is 1. The van der Waals surface area contributed by atoms with Crippen LogP contribution in [0.5, 0.6) is 0 Å². The zero-order chi connectivity index (χ0) is 17.5. The van der Waals surface area contributed by atoms with Crippen LogP contribution in [0.25, 0.3) is 0 Å². The van der Waals surface area contributed by atoms with Gasteiger partial charge in [0.1, 0.15) is 4.90 Å². The highest BCUT2D eigenvalue weighted by atomic mass is 32.2. The molecule has 9 heteroatoms. The molecule has 0 radical (unpaired) electrons. The van der Waals surface area contributed by atoms with Gasteiger partial charge >= 0.3 is 5.97 Å². The number of aliphatic carboxylic acids is 1. The third-order valence-electron chi connectivity index (χ3n) is 3.80. The molecule has 2 rings (SSSR count). The van der Waals surface area contributed by atoms with Crippen LogP contribution < -0.4 is 4.72 Å². The number of hydrogen-bond donors (Lipinski definition) is 2. The summed E-state index contributed by atoms with van der Waals surface area (Å²) in [5.74, 6) is -3.14. The molecule has 1 saturated carbocycles. The highest BCUT2D eigenvalue weighted by Gasteiger charge is 2.49. The maximum absolute atomic E-state index is 12.5. The van der Waals surface area contributed by atoms with Gasteiger partial charge in [0, 0.05) is 6.54 Å². The molecule has 1 aromatic heterocycles. The fourth-order valence-corrected chi connectivity index (χ4v) is 4.05. The minimum absolute atomic E-state index is 0.0148. The lowest BCUT2D eigenvalue weighted by molar-refractivity contribution is -0.140. The van der Waals surface area contributed by atoms with Crippen LogP contribution >= 0.6 is 0 Å². The first-order chi connectivity index (χ1) is 10.5. The molecule has 1 aliphatic carbocycles. The summed E-state index contributed by atoms with van der Waals surface area (Å²) >= 11 is 0. The Balaban J connectivity index is 2.22. The lowest BCUT2D eigenvalue weighted by Gasteiger charge is -2.09. The van der Waals surface area contributed by atoms with Crippen LogP contribution in [-0.4, -0.2) is 35.2 Å². The van der Waals surface area contributed by atoms with Crippen LogP contribution in [-0.2, 0) is 26.2 Å². The number of carbonyl (C=O) groups excluding carboxylic acids is 1. The van der Waals surface area contributed by atoms with Gasteiger partial charge in [0.15, 0.2) is 0 Å². The number of sulfonamides is 1. The first-order valence-corrected chi connectivity index (χ1v) is 8.86. The van der Waals surface area contributed by atoms with Crippen molar-refractivity contribution in [1.82, 2.24) is 14.5 Å². The average Bonchev–Trinajstić information content (AvgIpc) is 3.11. The summed E-state index contributed by atoms with van der Waals surface area (Å²) in [7, 11) is -4.07. The Morgan fingerprint density at radius 3 is 2.43 bits per heavy atom. The van der Waals surface area contributed by atoms with Crippen LogP contribution in [0.15, 0.2) is 4.90 Å². The molecular formula is C14H21N3O5S. The lowest BCUT2D eigenvalue weighted by atomic mass is 10.2. The summed E-state index contributed by atoms with van der Waals surface area (Å²) in [5, 5.41) is 13.0. The summed E-state index contributed by atoms with van der Waals surface area (Å²) in [4.78, 5) is 22.7. The summed E-state index contributed by atoms with van der Waals surface area (Å²) in [6, 6.07) is 0. The van der Waals surface area contributed by atoms with E-state index in [1.807, 2.05) is 18.6 Å². The van der Waals surface area contributed by atoms with Crippen molar-refractivity contribution in [3.8, 4) is 0 Å². The minimum Gasteiger partial charge on any atom is -0.481 e. The van der Waals surface area contributed by atoms with Crippen molar-refractivity contribution in [3.05, 3.63) is 11.4 Å². The third-order valence-corrected chi connectivity index (χ3v) is 5.40. The van der Waals surface area contributed by atoms with E-state index >= 15 is 0 Å². The SMILES string of the molecule is Cc1nn(CC(C)C)c(C)c1S(=O)(=O)NC(=O)[C@@H]1C[C@H]1C(=O)O. The van der Waals surface area contributed by atoms with E-state index in [0.29, 0.717) is 23.9 Å². The van der Waals surface area contributed by atoms with E-state index in [1.54, 1.807) is 18.5 Å². The smallest absolute Gasteiger partial charge is 0.307 e. The van der Waals surface area contributed by atoms with Gasteiger partial charge in [0.2, 0.25) is 5.91 Å². The van der Waals surface area contributed by atoms with Gasteiger partial charge in [-0.1, -0.05) is 13.8 Å². The molecule has 0 bridgehead atoms. The van der Waals surface area contributed by atoms with Crippen molar-refractivity contribution in [2.75, 3.05) is 0 Å². The molecule has 1 aromatic rings. The molecule has 1 amide bonds. The van der Waals surface area contributed by atoms with Gasteiger partial charge in [-0.2, -0.15) is 5.10 Å². The average molecular weight is 343 g/mol. The number of rotatable bonds is 6.